The van der Waals surface area contributed by atoms with Crippen LogP contribution in [0.25, 0.3) is 0 Å². The summed E-state index contributed by atoms with van der Waals surface area (Å²) in [5.41, 5.74) is 6.99. The number of hydrogen-bond acceptors (Lipinski definition) is 4. The number of urea groups is 1. The maximum absolute atomic E-state index is 12.6. The maximum Gasteiger partial charge on any atom is 0.319 e. The van der Waals surface area contributed by atoms with Crippen molar-refractivity contribution in [2.75, 3.05) is 23.7 Å². The molecule has 30 heavy (non-hydrogen) atoms. The zero-order valence-corrected chi connectivity index (χ0v) is 16.9. The molecule has 1 heterocycles. The molecule has 1 aliphatic heterocycles. The number of primary amides is 1. The highest BCUT2D eigenvalue weighted by molar-refractivity contribution is 5.96. The highest BCUT2D eigenvalue weighted by Crippen LogP contribution is 2.16. The second kappa shape index (κ2) is 9.89. The summed E-state index contributed by atoms with van der Waals surface area (Å²) in [5, 5.41) is 8.68. The number of carbonyl (C=O) groups is 3. The number of anilines is 2. The summed E-state index contributed by atoms with van der Waals surface area (Å²) < 4.78 is 0. The number of piperidine rings is 1. The third kappa shape index (κ3) is 5.81. The van der Waals surface area contributed by atoms with Gasteiger partial charge in [0, 0.05) is 36.1 Å². The van der Waals surface area contributed by atoms with Crippen molar-refractivity contribution in [2.45, 2.75) is 31.8 Å². The highest BCUT2D eigenvalue weighted by atomic mass is 16.2. The van der Waals surface area contributed by atoms with E-state index in [4.69, 9.17) is 5.73 Å². The van der Waals surface area contributed by atoms with Gasteiger partial charge in [-0.15, -0.1) is 0 Å². The van der Waals surface area contributed by atoms with Gasteiger partial charge in [-0.2, -0.15) is 0 Å². The molecular weight excluding hydrogens is 382 g/mol. The summed E-state index contributed by atoms with van der Waals surface area (Å²) in [6, 6.07) is 15.3. The SMILES string of the molecule is CC(C(=O)Nc1ccc(C(N)=O)cc1)N1CCC(NC(=O)Nc2ccccc2)CC1. The largest absolute Gasteiger partial charge is 0.366 e. The quantitative estimate of drug-likeness (QED) is 0.586. The van der Waals surface area contributed by atoms with Crippen LogP contribution in [-0.2, 0) is 4.79 Å². The number of nitrogens with zero attached hydrogens (tertiary/aromatic N) is 1. The van der Waals surface area contributed by atoms with E-state index >= 15 is 0 Å². The van der Waals surface area contributed by atoms with Gasteiger partial charge < -0.3 is 21.7 Å². The Morgan fingerprint density at radius 3 is 2.13 bits per heavy atom. The van der Waals surface area contributed by atoms with Crippen LogP contribution in [-0.4, -0.2) is 47.9 Å². The van der Waals surface area contributed by atoms with Crippen molar-refractivity contribution in [1.82, 2.24) is 10.2 Å². The van der Waals surface area contributed by atoms with Gasteiger partial charge in [0.1, 0.15) is 0 Å². The van der Waals surface area contributed by atoms with Gasteiger partial charge in [-0.05, 0) is 56.2 Å². The predicted molar refractivity (Wildman–Crippen MR) is 116 cm³/mol. The molecule has 2 aromatic rings. The van der Waals surface area contributed by atoms with E-state index in [2.05, 4.69) is 20.9 Å². The number of hydrogen-bond donors (Lipinski definition) is 4. The topological polar surface area (TPSA) is 117 Å². The predicted octanol–water partition coefficient (Wildman–Crippen LogP) is 2.40. The van der Waals surface area contributed by atoms with E-state index < -0.39 is 5.91 Å². The molecule has 0 saturated carbocycles. The van der Waals surface area contributed by atoms with E-state index in [1.165, 1.54) is 0 Å². The van der Waals surface area contributed by atoms with E-state index in [0.717, 1.165) is 18.5 Å². The van der Waals surface area contributed by atoms with Gasteiger partial charge in [0.25, 0.3) is 0 Å². The van der Waals surface area contributed by atoms with Crippen LogP contribution in [0.1, 0.15) is 30.1 Å². The molecule has 4 amide bonds. The average molecular weight is 409 g/mol. The molecule has 3 rings (SSSR count). The Hall–Kier alpha value is -3.39. The number of carbonyl (C=O) groups excluding carboxylic acids is 3. The van der Waals surface area contributed by atoms with Crippen LogP contribution >= 0.6 is 0 Å². The molecule has 5 N–H and O–H groups in total. The lowest BCUT2D eigenvalue weighted by Gasteiger charge is -2.35. The second-order valence-corrected chi connectivity index (χ2v) is 7.38. The van der Waals surface area contributed by atoms with Gasteiger partial charge in [0.2, 0.25) is 11.8 Å². The zero-order chi connectivity index (χ0) is 21.5. The molecule has 0 radical (unpaired) electrons. The molecule has 1 fully saturated rings. The normalized spacial score (nSPS) is 15.8. The van der Waals surface area contributed by atoms with Gasteiger partial charge in [-0.3, -0.25) is 14.5 Å². The molecule has 2 aromatic carbocycles. The van der Waals surface area contributed by atoms with Crippen LogP contribution in [0, 0.1) is 0 Å². The van der Waals surface area contributed by atoms with Crippen molar-refractivity contribution in [2.24, 2.45) is 5.73 Å². The lowest BCUT2D eigenvalue weighted by Crippen LogP contribution is -2.51. The first-order valence-corrected chi connectivity index (χ1v) is 9.99. The third-order valence-corrected chi connectivity index (χ3v) is 5.26. The standard InChI is InChI=1S/C22H27N5O3/c1-15(21(29)24-18-9-7-16(8-10-18)20(23)28)27-13-11-19(12-14-27)26-22(30)25-17-5-3-2-4-6-17/h2-10,15,19H,11-14H2,1H3,(H2,23,28)(H,24,29)(H2,25,26,30). The third-order valence-electron chi connectivity index (χ3n) is 5.26. The van der Waals surface area contributed by atoms with Gasteiger partial charge in [-0.25, -0.2) is 4.79 Å². The summed E-state index contributed by atoms with van der Waals surface area (Å²) in [6.45, 7) is 3.29. The van der Waals surface area contributed by atoms with Crippen molar-refractivity contribution in [3.05, 3.63) is 60.2 Å². The molecule has 0 bridgehead atoms. The summed E-state index contributed by atoms with van der Waals surface area (Å²) in [5.74, 6) is -0.620. The van der Waals surface area contributed by atoms with Gasteiger partial charge in [-0.1, -0.05) is 18.2 Å². The lowest BCUT2D eigenvalue weighted by atomic mass is 10.0. The fraction of sp³-hybridized carbons (Fsp3) is 0.318. The van der Waals surface area contributed by atoms with Gasteiger partial charge in [0.15, 0.2) is 0 Å². The number of rotatable bonds is 6. The minimum atomic E-state index is -0.504. The molecule has 1 aliphatic rings. The van der Waals surface area contributed by atoms with E-state index in [9.17, 15) is 14.4 Å². The van der Waals surface area contributed by atoms with Gasteiger partial charge in [0.05, 0.1) is 6.04 Å². The molecule has 0 aliphatic carbocycles. The first-order valence-electron chi connectivity index (χ1n) is 9.99. The van der Waals surface area contributed by atoms with Gasteiger partial charge >= 0.3 is 6.03 Å². The monoisotopic (exact) mass is 409 g/mol. The molecule has 8 heteroatoms. The Labute approximate surface area is 175 Å². The molecule has 158 valence electrons. The average Bonchev–Trinajstić information content (AvgIpc) is 2.74. The van der Waals surface area contributed by atoms with E-state index in [1.807, 2.05) is 37.3 Å². The summed E-state index contributed by atoms with van der Waals surface area (Å²) >= 11 is 0. The molecule has 0 spiro atoms. The Morgan fingerprint density at radius 2 is 1.53 bits per heavy atom. The second-order valence-electron chi connectivity index (χ2n) is 7.38. The lowest BCUT2D eigenvalue weighted by molar-refractivity contribution is -0.121. The van der Waals surface area contributed by atoms with Crippen molar-refractivity contribution in [3.63, 3.8) is 0 Å². The van der Waals surface area contributed by atoms with Crippen LogP contribution in [0.2, 0.25) is 0 Å². The number of amides is 4. The molecule has 1 saturated heterocycles. The molecule has 8 nitrogen and oxygen atoms in total. The Kier molecular flexibility index (Phi) is 7.03. The molecule has 1 atom stereocenters. The fourth-order valence-electron chi connectivity index (χ4n) is 3.44. The Morgan fingerprint density at radius 1 is 0.933 bits per heavy atom. The summed E-state index contributed by atoms with van der Waals surface area (Å²) in [7, 11) is 0. The minimum Gasteiger partial charge on any atom is -0.366 e. The van der Waals surface area contributed by atoms with E-state index in [0.29, 0.717) is 24.3 Å². The highest BCUT2D eigenvalue weighted by Gasteiger charge is 2.27. The molecule has 1 unspecified atom stereocenters. The molecule has 0 aromatic heterocycles. The van der Waals surface area contributed by atoms with Crippen LogP contribution < -0.4 is 21.7 Å². The summed E-state index contributed by atoms with van der Waals surface area (Å²) in [6.07, 6.45) is 1.54. The van der Waals surface area contributed by atoms with Crippen LogP contribution in [0.15, 0.2) is 54.6 Å². The van der Waals surface area contributed by atoms with Crippen molar-refractivity contribution < 1.29 is 14.4 Å². The van der Waals surface area contributed by atoms with Crippen molar-refractivity contribution >= 4 is 29.2 Å². The van der Waals surface area contributed by atoms with E-state index in [1.54, 1.807) is 24.3 Å². The first kappa shape index (κ1) is 21.3. The number of nitrogens with one attached hydrogen (secondary N) is 3. The van der Waals surface area contributed by atoms with E-state index in [-0.39, 0.29) is 24.0 Å². The maximum atomic E-state index is 12.6. The van der Waals surface area contributed by atoms with Crippen molar-refractivity contribution in [1.29, 1.82) is 0 Å². The first-order chi connectivity index (χ1) is 14.4. The van der Waals surface area contributed by atoms with Crippen LogP contribution in [0.4, 0.5) is 16.2 Å². The van der Waals surface area contributed by atoms with Crippen LogP contribution in [0.5, 0.6) is 0 Å². The zero-order valence-electron chi connectivity index (χ0n) is 16.9. The fourth-order valence-corrected chi connectivity index (χ4v) is 3.44. The Bertz CT molecular complexity index is 877. The number of benzene rings is 2. The number of para-hydroxylation sites is 1. The number of likely N-dealkylation sites (tertiary alicyclic amines) is 1. The Balaban J connectivity index is 1.44. The smallest absolute Gasteiger partial charge is 0.319 e. The number of nitrogens with two attached hydrogens (primary N) is 1. The minimum absolute atomic E-state index is 0.0709. The summed E-state index contributed by atoms with van der Waals surface area (Å²) in [4.78, 5) is 37.9. The van der Waals surface area contributed by atoms with Crippen molar-refractivity contribution in [3.8, 4) is 0 Å². The van der Waals surface area contributed by atoms with Crippen LogP contribution in [0.3, 0.4) is 0 Å². The molecular formula is C22H27N5O3.